The summed E-state index contributed by atoms with van der Waals surface area (Å²) in [6.45, 7) is 3.38. The molecule has 0 saturated carbocycles. The van der Waals surface area contributed by atoms with Crippen LogP contribution in [0, 0.1) is 13.8 Å². The Bertz CT molecular complexity index is 941. The normalized spacial score (nSPS) is 18.5. The summed E-state index contributed by atoms with van der Waals surface area (Å²) in [5.41, 5.74) is 3.15. The zero-order valence-corrected chi connectivity index (χ0v) is 17.1. The highest BCUT2D eigenvalue weighted by atomic mass is 32.2. The first-order chi connectivity index (χ1) is 12.8. The van der Waals surface area contributed by atoms with Crippen LogP contribution in [0.4, 0.5) is 0 Å². The molecule has 1 fully saturated rings. The van der Waals surface area contributed by atoms with E-state index in [0.29, 0.717) is 18.4 Å². The zero-order chi connectivity index (χ0) is 19.6. The Morgan fingerprint density at radius 2 is 2.11 bits per heavy atom. The minimum atomic E-state index is -3.01. The molecule has 0 unspecified atom stereocenters. The lowest BCUT2D eigenvalue weighted by Gasteiger charge is -2.16. The molecule has 3 rings (SSSR count). The summed E-state index contributed by atoms with van der Waals surface area (Å²) >= 11 is 1.58. The van der Waals surface area contributed by atoms with Gasteiger partial charge in [0.05, 0.1) is 11.5 Å². The molecule has 1 aliphatic rings. The molecule has 0 bridgehead atoms. The van der Waals surface area contributed by atoms with Gasteiger partial charge in [-0.05, 0) is 55.1 Å². The van der Waals surface area contributed by atoms with Crippen molar-refractivity contribution in [2.45, 2.75) is 39.2 Å². The first-order valence-electron chi connectivity index (χ1n) is 8.85. The van der Waals surface area contributed by atoms with Gasteiger partial charge in [-0.1, -0.05) is 0 Å². The van der Waals surface area contributed by atoms with E-state index in [9.17, 15) is 18.0 Å². The minimum absolute atomic E-state index is 0.106. The average Bonchev–Trinajstić information content (AvgIpc) is 3.31. The number of hydrogen-bond acceptors (Lipinski definition) is 6. The second kappa shape index (κ2) is 7.98. The summed E-state index contributed by atoms with van der Waals surface area (Å²) in [5, 5.41) is 3.94. The third-order valence-corrected chi connectivity index (χ3v) is 7.40. The Morgan fingerprint density at radius 1 is 1.33 bits per heavy atom. The number of ether oxygens (including phenoxy) is 1. The van der Waals surface area contributed by atoms with E-state index < -0.39 is 15.8 Å². The van der Waals surface area contributed by atoms with Crippen LogP contribution in [0.2, 0.25) is 0 Å². The maximum atomic E-state index is 12.5. The molecule has 146 valence electrons. The van der Waals surface area contributed by atoms with Gasteiger partial charge in [-0.3, -0.25) is 9.59 Å². The van der Waals surface area contributed by atoms with Gasteiger partial charge in [-0.2, -0.15) is 11.3 Å². The van der Waals surface area contributed by atoms with E-state index in [1.807, 2.05) is 35.2 Å². The van der Waals surface area contributed by atoms with Gasteiger partial charge < -0.3 is 9.30 Å². The highest BCUT2D eigenvalue weighted by molar-refractivity contribution is 7.91. The molecule has 0 aromatic carbocycles. The van der Waals surface area contributed by atoms with Crippen LogP contribution in [0.1, 0.15) is 46.2 Å². The monoisotopic (exact) mass is 409 g/mol. The molecule has 0 N–H and O–H groups in total. The van der Waals surface area contributed by atoms with Gasteiger partial charge in [0.1, 0.15) is 0 Å². The first-order valence-corrected chi connectivity index (χ1v) is 11.6. The van der Waals surface area contributed by atoms with Gasteiger partial charge in [0, 0.05) is 29.4 Å². The molecule has 1 saturated heterocycles. The number of carbonyl (C=O) groups excluding carboxylic acids is 2. The van der Waals surface area contributed by atoms with Gasteiger partial charge >= 0.3 is 5.97 Å². The molecule has 1 aliphatic heterocycles. The standard InChI is InChI=1S/C19H23NO5S2/c1-13-9-17(14(2)20(13)16-6-8-27(23,24)12-16)18(21)10-25-19(22)4-3-15-5-7-26-11-15/h5,7,9,11,16H,3-4,6,8,10,12H2,1-2H3/t16-/m0/s1. The fraction of sp³-hybridized carbons (Fsp3) is 0.474. The predicted molar refractivity (Wildman–Crippen MR) is 104 cm³/mol. The molecule has 6 nitrogen and oxygen atoms in total. The number of sulfone groups is 1. The molecule has 0 amide bonds. The highest BCUT2D eigenvalue weighted by Gasteiger charge is 2.31. The van der Waals surface area contributed by atoms with Gasteiger partial charge in [0.25, 0.3) is 0 Å². The van der Waals surface area contributed by atoms with Crippen molar-refractivity contribution in [3.8, 4) is 0 Å². The number of thiophene rings is 1. The topological polar surface area (TPSA) is 82.4 Å². The van der Waals surface area contributed by atoms with E-state index in [1.54, 1.807) is 17.4 Å². The maximum absolute atomic E-state index is 12.5. The molecule has 8 heteroatoms. The highest BCUT2D eigenvalue weighted by Crippen LogP contribution is 2.29. The molecule has 0 radical (unpaired) electrons. The summed E-state index contributed by atoms with van der Waals surface area (Å²) in [6, 6.07) is 3.58. The van der Waals surface area contributed by atoms with Crippen molar-refractivity contribution < 1.29 is 22.7 Å². The number of carbonyl (C=O) groups is 2. The van der Waals surface area contributed by atoms with Crippen LogP contribution in [0.3, 0.4) is 0 Å². The second-order valence-electron chi connectivity index (χ2n) is 6.93. The van der Waals surface area contributed by atoms with Crippen LogP contribution in [0.25, 0.3) is 0 Å². The smallest absolute Gasteiger partial charge is 0.306 e. The molecular formula is C19H23NO5S2. The van der Waals surface area contributed by atoms with Gasteiger partial charge in [-0.25, -0.2) is 8.42 Å². The summed E-state index contributed by atoms with van der Waals surface area (Å²) in [5.74, 6) is -0.377. The number of ketones is 1. The van der Waals surface area contributed by atoms with Crippen LogP contribution in [0.5, 0.6) is 0 Å². The van der Waals surface area contributed by atoms with Crippen molar-refractivity contribution in [3.63, 3.8) is 0 Å². The average molecular weight is 410 g/mol. The lowest BCUT2D eigenvalue weighted by molar-refractivity contribution is -0.142. The van der Waals surface area contributed by atoms with E-state index in [1.165, 1.54) is 0 Å². The Labute approximate surface area is 163 Å². The van der Waals surface area contributed by atoms with Gasteiger partial charge in [0.2, 0.25) is 5.78 Å². The van der Waals surface area contributed by atoms with Crippen LogP contribution < -0.4 is 0 Å². The molecule has 27 heavy (non-hydrogen) atoms. The van der Waals surface area contributed by atoms with E-state index in [-0.39, 0.29) is 36.4 Å². The zero-order valence-electron chi connectivity index (χ0n) is 15.4. The van der Waals surface area contributed by atoms with Gasteiger partial charge in [0.15, 0.2) is 16.4 Å². The quantitative estimate of drug-likeness (QED) is 0.519. The minimum Gasteiger partial charge on any atom is -0.457 e. The summed E-state index contributed by atoms with van der Waals surface area (Å²) < 4.78 is 30.6. The fourth-order valence-corrected chi connectivity index (χ4v) is 5.98. The van der Waals surface area contributed by atoms with Crippen molar-refractivity contribution in [1.82, 2.24) is 4.57 Å². The number of esters is 1. The largest absolute Gasteiger partial charge is 0.457 e. The van der Waals surface area contributed by atoms with Crippen molar-refractivity contribution in [3.05, 3.63) is 45.4 Å². The molecular weight excluding hydrogens is 386 g/mol. The first kappa shape index (κ1) is 19.8. The number of rotatable bonds is 7. The number of aryl methyl sites for hydroxylation is 2. The van der Waals surface area contributed by atoms with Crippen molar-refractivity contribution in [2.24, 2.45) is 0 Å². The Balaban J connectivity index is 1.60. The Morgan fingerprint density at radius 3 is 2.74 bits per heavy atom. The Kier molecular flexibility index (Phi) is 5.86. The second-order valence-corrected chi connectivity index (χ2v) is 9.94. The third kappa shape index (κ3) is 4.68. The van der Waals surface area contributed by atoms with E-state index >= 15 is 0 Å². The van der Waals surface area contributed by atoms with Gasteiger partial charge in [-0.15, -0.1) is 0 Å². The molecule has 1 atom stereocenters. The summed E-state index contributed by atoms with van der Waals surface area (Å²) in [6.07, 6.45) is 1.40. The lowest BCUT2D eigenvalue weighted by Crippen LogP contribution is -2.17. The number of aromatic nitrogens is 1. The van der Waals surface area contributed by atoms with Crippen LogP contribution in [-0.2, 0) is 25.8 Å². The SMILES string of the molecule is Cc1cc(C(=O)COC(=O)CCc2ccsc2)c(C)n1[C@H]1CCS(=O)(=O)C1. The molecule has 0 spiro atoms. The summed E-state index contributed by atoms with van der Waals surface area (Å²) in [4.78, 5) is 24.4. The van der Waals surface area contributed by atoms with Crippen molar-refractivity contribution >= 4 is 32.9 Å². The summed E-state index contributed by atoms with van der Waals surface area (Å²) in [7, 11) is -3.01. The molecule has 2 aromatic heterocycles. The predicted octanol–water partition coefficient (Wildman–Crippen LogP) is 2.88. The number of nitrogens with zero attached hydrogens (tertiary/aromatic N) is 1. The van der Waals surface area contributed by atoms with Crippen molar-refractivity contribution in [1.29, 1.82) is 0 Å². The van der Waals surface area contributed by atoms with E-state index in [4.69, 9.17) is 4.74 Å². The molecule has 2 aromatic rings. The van der Waals surface area contributed by atoms with Crippen molar-refractivity contribution in [2.75, 3.05) is 18.1 Å². The fourth-order valence-electron chi connectivity index (χ4n) is 3.58. The van der Waals surface area contributed by atoms with Crippen LogP contribution >= 0.6 is 11.3 Å². The van der Waals surface area contributed by atoms with Crippen LogP contribution in [0.15, 0.2) is 22.9 Å². The number of hydrogen-bond donors (Lipinski definition) is 0. The Hall–Kier alpha value is -1.93. The number of Topliss-reactive ketones (excluding diaryl/α,β-unsaturated/α-hetero) is 1. The molecule has 3 heterocycles. The maximum Gasteiger partial charge on any atom is 0.306 e. The lowest BCUT2D eigenvalue weighted by atomic mass is 10.1. The van der Waals surface area contributed by atoms with E-state index in [0.717, 1.165) is 17.0 Å². The third-order valence-electron chi connectivity index (χ3n) is 4.92. The van der Waals surface area contributed by atoms with E-state index in [2.05, 4.69) is 0 Å². The van der Waals surface area contributed by atoms with Crippen LogP contribution in [-0.4, -0.2) is 42.9 Å². The molecule has 0 aliphatic carbocycles.